The first-order valence-corrected chi connectivity index (χ1v) is 8.34. The molecule has 0 saturated carbocycles. The molecule has 0 aromatic carbocycles. The van der Waals surface area contributed by atoms with E-state index in [9.17, 15) is 0 Å². The predicted molar refractivity (Wildman–Crippen MR) is 98.2 cm³/mol. The highest BCUT2D eigenvalue weighted by Crippen LogP contribution is 2.22. The van der Waals surface area contributed by atoms with Gasteiger partial charge >= 0.3 is 0 Å². The van der Waals surface area contributed by atoms with Crippen molar-refractivity contribution >= 4 is 30.0 Å². The lowest BCUT2D eigenvalue weighted by Gasteiger charge is -2.00. The molecule has 4 nitrogen and oxygen atoms in total. The molecule has 5 heterocycles. The molecular weight excluding hydrogens is 296 g/mol. The fourth-order valence-electron chi connectivity index (χ4n) is 3.37. The molecule has 0 aliphatic carbocycles. The molecule has 0 saturated heterocycles. The van der Waals surface area contributed by atoms with Crippen LogP contribution in [0.15, 0.2) is 52.4 Å². The molecule has 2 aromatic heterocycles. The number of rotatable bonds is 0. The molecule has 0 amide bonds. The largest absolute Gasteiger partial charge is 0.359 e. The summed E-state index contributed by atoms with van der Waals surface area (Å²) in [4.78, 5) is 11.7. The van der Waals surface area contributed by atoms with Crippen LogP contribution in [0, 0.1) is 0 Å². The predicted octanol–water partition coefficient (Wildman–Crippen LogP) is 2.41. The van der Waals surface area contributed by atoms with Crippen LogP contribution in [0.3, 0.4) is 0 Å². The van der Waals surface area contributed by atoms with Gasteiger partial charge in [-0.15, -0.1) is 0 Å². The maximum atomic E-state index is 4.76. The standard InChI is InChI=1S/C20H18N4/c1-2-14-10-16-5-6-18(23-16)12-20-8-7-19(24-20)11-17-4-3-15(22-17)9-13(1)21-14/h1-3,7-12,21-22,24H,4-6H2/b13-9?,14-10-,17-11?,18-12?. The molecule has 0 unspecified atom stereocenters. The maximum absolute atomic E-state index is 4.76. The Morgan fingerprint density at radius 1 is 0.792 bits per heavy atom. The van der Waals surface area contributed by atoms with Gasteiger partial charge in [0.25, 0.3) is 0 Å². The smallest absolute Gasteiger partial charge is 0.0431 e. The number of hydrogen-bond acceptors (Lipinski definition) is 2. The van der Waals surface area contributed by atoms with Crippen molar-refractivity contribution in [1.29, 1.82) is 0 Å². The first-order chi connectivity index (χ1) is 11.8. The third kappa shape index (κ3) is 2.56. The highest BCUT2D eigenvalue weighted by atomic mass is 14.9. The topological polar surface area (TPSA) is 56.0 Å². The molecule has 118 valence electrons. The van der Waals surface area contributed by atoms with E-state index in [4.69, 9.17) is 4.99 Å². The van der Waals surface area contributed by atoms with Crippen molar-refractivity contribution in [3.63, 3.8) is 0 Å². The monoisotopic (exact) mass is 314 g/mol. The van der Waals surface area contributed by atoms with Gasteiger partial charge in [-0.2, -0.15) is 0 Å². The first kappa shape index (κ1) is 13.4. The number of H-pyrrole nitrogens is 2. The molecule has 4 heteroatoms. The van der Waals surface area contributed by atoms with Gasteiger partial charge in [-0.05, 0) is 61.4 Å². The number of allylic oxidation sites excluding steroid dienone is 3. The number of nitrogens with one attached hydrogen (secondary N) is 3. The fourth-order valence-corrected chi connectivity index (χ4v) is 3.37. The normalized spacial score (nSPS) is 20.1. The van der Waals surface area contributed by atoms with Crippen molar-refractivity contribution in [2.75, 3.05) is 0 Å². The zero-order chi connectivity index (χ0) is 15.9. The van der Waals surface area contributed by atoms with Crippen LogP contribution in [0.4, 0.5) is 0 Å². The number of hydrogen-bond donors (Lipinski definition) is 3. The van der Waals surface area contributed by atoms with E-state index in [1.165, 1.54) is 5.70 Å². The summed E-state index contributed by atoms with van der Waals surface area (Å²) >= 11 is 0. The average Bonchev–Trinajstić information content (AvgIpc) is 3.32. The highest BCUT2D eigenvalue weighted by molar-refractivity contribution is 6.11. The van der Waals surface area contributed by atoms with Gasteiger partial charge in [-0.3, -0.25) is 4.99 Å². The van der Waals surface area contributed by atoms with Gasteiger partial charge in [-0.25, -0.2) is 0 Å². The third-order valence-electron chi connectivity index (χ3n) is 4.52. The second kappa shape index (κ2) is 5.27. The second-order valence-electron chi connectivity index (χ2n) is 6.42. The highest BCUT2D eigenvalue weighted by Gasteiger charge is 2.11. The van der Waals surface area contributed by atoms with E-state index in [1.807, 2.05) is 0 Å². The average molecular weight is 314 g/mol. The number of aromatic amines is 2. The van der Waals surface area contributed by atoms with Crippen LogP contribution in [-0.4, -0.2) is 15.7 Å². The van der Waals surface area contributed by atoms with Crippen molar-refractivity contribution in [3.8, 4) is 0 Å². The van der Waals surface area contributed by atoms with Crippen LogP contribution in [0.25, 0.3) is 24.3 Å². The Balaban J connectivity index is 1.66. The van der Waals surface area contributed by atoms with E-state index in [1.54, 1.807) is 0 Å². The van der Waals surface area contributed by atoms with Gasteiger partial charge in [0.1, 0.15) is 0 Å². The van der Waals surface area contributed by atoms with Crippen molar-refractivity contribution in [2.24, 2.45) is 4.99 Å². The molecule has 3 aliphatic rings. The quantitative estimate of drug-likeness (QED) is 0.687. The minimum Gasteiger partial charge on any atom is -0.359 e. The van der Waals surface area contributed by atoms with Crippen LogP contribution in [0.1, 0.15) is 30.7 Å². The molecule has 0 spiro atoms. The Morgan fingerprint density at radius 3 is 2.54 bits per heavy atom. The summed E-state index contributed by atoms with van der Waals surface area (Å²) in [5.74, 6) is 0. The van der Waals surface area contributed by atoms with Crippen LogP contribution in [-0.2, 0) is 0 Å². The summed E-state index contributed by atoms with van der Waals surface area (Å²) in [5.41, 5.74) is 6.82. The molecule has 3 aliphatic heterocycles. The Kier molecular flexibility index (Phi) is 2.95. The lowest BCUT2D eigenvalue weighted by Crippen LogP contribution is -2.13. The second-order valence-corrected chi connectivity index (χ2v) is 6.42. The molecule has 24 heavy (non-hydrogen) atoms. The Hall–Kier alpha value is -3.01. The molecular formula is C20H18N4. The van der Waals surface area contributed by atoms with Crippen molar-refractivity contribution in [3.05, 3.63) is 69.5 Å². The summed E-state index contributed by atoms with van der Waals surface area (Å²) in [5, 5.41) is 5.68. The number of nitrogens with zero attached hydrogens (tertiary/aromatic N) is 1. The molecule has 2 aromatic rings. The molecule has 3 N–H and O–H groups in total. The summed E-state index contributed by atoms with van der Waals surface area (Å²) in [7, 11) is 0. The maximum Gasteiger partial charge on any atom is 0.0431 e. The van der Waals surface area contributed by atoms with Gasteiger partial charge in [0.15, 0.2) is 0 Å². The van der Waals surface area contributed by atoms with Crippen LogP contribution in [0.5, 0.6) is 0 Å². The lowest BCUT2D eigenvalue weighted by molar-refractivity contribution is 1.05. The minimum atomic E-state index is 0.925. The Morgan fingerprint density at radius 2 is 1.62 bits per heavy atom. The van der Waals surface area contributed by atoms with Gasteiger partial charge in [0, 0.05) is 51.3 Å². The molecule has 0 radical (unpaired) electrons. The van der Waals surface area contributed by atoms with Gasteiger partial charge in [-0.1, -0.05) is 6.08 Å². The van der Waals surface area contributed by atoms with Crippen LogP contribution < -0.4 is 16.0 Å². The van der Waals surface area contributed by atoms with Crippen LogP contribution >= 0.6 is 0 Å². The van der Waals surface area contributed by atoms with Gasteiger partial charge < -0.3 is 15.3 Å². The summed E-state index contributed by atoms with van der Waals surface area (Å²) in [6.45, 7) is 0. The molecule has 0 fully saturated rings. The zero-order valence-electron chi connectivity index (χ0n) is 13.3. The lowest BCUT2D eigenvalue weighted by atomic mass is 10.2. The molecule has 0 atom stereocenters. The van der Waals surface area contributed by atoms with Crippen molar-refractivity contribution in [2.45, 2.75) is 19.3 Å². The zero-order valence-corrected chi connectivity index (χ0v) is 13.3. The van der Waals surface area contributed by atoms with E-state index in [0.717, 1.165) is 58.5 Å². The summed E-state index contributed by atoms with van der Waals surface area (Å²) in [6.07, 6.45) is 13.7. The van der Waals surface area contributed by atoms with Gasteiger partial charge in [0.2, 0.25) is 0 Å². The Bertz CT molecular complexity index is 1050. The van der Waals surface area contributed by atoms with E-state index in [0.29, 0.717) is 0 Å². The fraction of sp³-hybridized carbons (Fsp3) is 0.150. The van der Waals surface area contributed by atoms with E-state index in [2.05, 4.69) is 69.9 Å². The SMILES string of the molecule is C1=C2CCC(=N2)/C=c2/ccc([nH]2)=CC2=CCC(=Cc3ccc1[nH]3)N2. The van der Waals surface area contributed by atoms with Crippen molar-refractivity contribution < 1.29 is 0 Å². The molecule has 5 rings (SSSR count). The van der Waals surface area contributed by atoms with Gasteiger partial charge in [0.05, 0.1) is 0 Å². The van der Waals surface area contributed by atoms with Crippen molar-refractivity contribution in [1.82, 2.24) is 15.3 Å². The summed E-state index contributed by atoms with van der Waals surface area (Å²) in [6, 6.07) is 8.44. The number of aromatic nitrogens is 2. The van der Waals surface area contributed by atoms with Crippen LogP contribution in [0.2, 0.25) is 0 Å². The summed E-state index contributed by atoms with van der Waals surface area (Å²) < 4.78 is 0. The first-order valence-electron chi connectivity index (χ1n) is 8.34. The minimum absolute atomic E-state index is 0.925. The van der Waals surface area contributed by atoms with E-state index >= 15 is 0 Å². The van der Waals surface area contributed by atoms with E-state index in [-0.39, 0.29) is 0 Å². The number of aliphatic imine (C=N–C) groups is 1. The Labute approximate surface area is 139 Å². The number of fused-ring (bicyclic) bond motifs is 7. The van der Waals surface area contributed by atoms with E-state index < -0.39 is 0 Å². The third-order valence-corrected chi connectivity index (χ3v) is 4.52. The molecule has 8 bridgehead atoms.